The number of benzene rings is 1. The molecule has 1 aromatic carbocycles. The summed E-state index contributed by atoms with van der Waals surface area (Å²) in [6, 6.07) is 7.96. The fourth-order valence-electron chi connectivity index (χ4n) is 2.99. The van der Waals surface area contributed by atoms with Crippen molar-refractivity contribution in [1.82, 2.24) is 24.8 Å². The highest BCUT2D eigenvalue weighted by Gasteiger charge is 2.16. The van der Waals surface area contributed by atoms with Crippen LogP contribution in [0.25, 0.3) is 32.0 Å². The number of pyridine rings is 1. The normalized spacial score (nSPS) is 12.6. The monoisotopic (exact) mass is 385 g/mol. The number of imidazole rings is 1. The lowest BCUT2D eigenvalue weighted by Crippen LogP contribution is -2.23. The van der Waals surface area contributed by atoms with E-state index in [1.165, 1.54) is 18.3 Å². The Kier molecular flexibility index (Phi) is 4.13. The fourth-order valence-corrected chi connectivity index (χ4v) is 4.07. The Balaban J connectivity index is 1.82. The fraction of sp³-hybridized carbons (Fsp3) is 0.222. The molecule has 3 heterocycles. The molecule has 0 aliphatic rings. The number of aryl methyl sites for hydroxylation is 1. The summed E-state index contributed by atoms with van der Waals surface area (Å²) in [5.41, 5.74) is 4.42. The third kappa shape index (κ3) is 2.83. The van der Waals surface area contributed by atoms with Gasteiger partial charge in [0.15, 0.2) is 0 Å². The van der Waals surface area contributed by atoms with Crippen LogP contribution in [0.2, 0.25) is 5.28 Å². The topological polar surface area (TPSA) is 72.7 Å². The summed E-state index contributed by atoms with van der Waals surface area (Å²) in [5, 5.41) is 4.19. The maximum Gasteiger partial charge on any atom is 0.217 e. The number of amides is 1. The van der Waals surface area contributed by atoms with Crippen molar-refractivity contribution in [2.75, 3.05) is 0 Å². The highest BCUT2D eigenvalue weighted by atomic mass is 35.5. The van der Waals surface area contributed by atoms with E-state index in [9.17, 15) is 4.79 Å². The van der Waals surface area contributed by atoms with Crippen LogP contribution in [0, 0.1) is 0 Å². The van der Waals surface area contributed by atoms with E-state index in [0.29, 0.717) is 5.28 Å². The molecule has 6 nitrogen and oxygen atoms in total. The Labute approximate surface area is 158 Å². The van der Waals surface area contributed by atoms with E-state index in [1.807, 2.05) is 42.8 Å². The first-order chi connectivity index (χ1) is 12.4. The van der Waals surface area contributed by atoms with E-state index in [0.717, 1.165) is 37.5 Å². The highest BCUT2D eigenvalue weighted by Crippen LogP contribution is 2.34. The van der Waals surface area contributed by atoms with Crippen LogP contribution in [0.3, 0.4) is 0 Å². The molecule has 1 N–H and O–H groups in total. The van der Waals surface area contributed by atoms with Crippen molar-refractivity contribution in [3.63, 3.8) is 0 Å². The van der Waals surface area contributed by atoms with Gasteiger partial charge < -0.3 is 9.88 Å². The first-order valence-corrected chi connectivity index (χ1v) is 9.28. The minimum Gasteiger partial charge on any atom is -0.350 e. The van der Waals surface area contributed by atoms with Crippen molar-refractivity contribution in [1.29, 1.82) is 0 Å². The molecule has 0 aliphatic carbocycles. The van der Waals surface area contributed by atoms with Crippen LogP contribution in [-0.4, -0.2) is 25.4 Å². The average Bonchev–Trinajstić information content (AvgIpc) is 3.16. The van der Waals surface area contributed by atoms with Gasteiger partial charge >= 0.3 is 0 Å². The molecule has 0 unspecified atom stereocenters. The van der Waals surface area contributed by atoms with E-state index in [-0.39, 0.29) is 11.9 Å². The largest absolute Gasteiger partial charge is 0.350 e. The number of rotatable bonds is 3. The second kappa shape index (κ2) is 6.34. The number of fused-ring (bicyclic) bond motifs is 3. The molecular formula is C18H16ClN5OS. The van der Waals surface area contributed by atoms with Crippen LogP contribution >= 0.6 is 22.9 Å². The van der Waals surface area contributed by atoms with Crippen molar-refractivity contribution < 1.29 is 4.79 Å². The highest BCUT2D eigenvalue weighted by molar-refractivity contribution is 7.21. The maximum atomic E-state index is 11.3. The molecule has 0 saturated carbocycles. The molecule has 0 bridgehead atoms. The molecule has 1 atom stereocenters. The van der Waals surface area contributed by atoms with Gasteiger partial charge in [-0.3, -0.25) is 4.79 Å². The van der Waals surface area contributed by atoms with Crippen LogP contribution in [0.15, 0.2) is 30.5 Å². The quantitative estimate of drug-likeness (QED) is 0.576. The van der Waals surface area contributed by atoms with Gasteiger partial charge in [-0.1, -0.05) is 29.5 Å². The molecule has 0 spiro atoms. The Morgan fingerprint density at radius 2 is 2.15 bits per heavy atom. The number of halogens is 1. The zero-order valence-corrected chi connectivity index (χ0v) is 16.0. The third-order valence-corrected chi connectivity index (χ3v) is 5.61. The van der Waals surface area contributed by atoms with Gasteiger partial charge in [0.1, 0.15) is 20.9 Å². The molecule has 26 heavy (non-hydrogen) atoms. The summed E-state index contributed by atoms with van der Waals surface area (Å²) in [4.78, 5) is 25.7. The Morgan fingerprint density at radius 1 is 1.35 bits per heavy atom. The number of hydrogen-bond donors (Lipinski definition) is 1. The maximum absolute atomic E-state index is 11.3. The SMILES string of the molecule is CC(=O)N[C@@H](C)c1cccc(-c2nc3c(ncc4nc(Cl)n(C)c43)s2)c1. The molecule has 0 saturated heterocycles. The number of nitrogens with one attached hydrogen (secondary N) is 1. The van der Waals surface area contributed by atoms with Gasteiger partial charge in [-0.2, -0.15) is 0 Å². The summed E-state index contributed by atoms with van der Waals surface area (Å²) in [6.45, 7) is 3.48. The first kappa shape index (κ1) is 16.9. The van der Waals surface area contributed by atoms with Crippen LogP contribution in [0.5, 0.6) is 0 Å². The van der Waals surface area contributed by atoms with Gasteiger partial charge in [-0.15, -0.1) is 0 Å². The van der Waals surface area contributed by atoms with Crippen molar-refractivity contribution in [3.8, 4) is 10.6 Å². The van der Waals surface area contributed by atoms with Crippen LogP contribution in [0.1, 0.15) is 25.5 Å². The van der Waals surface area contributed by atoms with Gasteiger partial charge in [-0.25, -0.2) is 15.0 Å². The smallest absolute Gasteiger partial charge is 0.217 e. The van der Waals surface area contributed by atoms with Crippen LogP contribution < -0.4 is 5.32 Å². The number of carbonyl (C=O) groups excluding carboxylic acids is 1. The lowest BCUT2D eigenvalue weighted by Gasteiger charge is -2.13. The summed E-state index contributed by atoms with van der Waals surface area (Å²) in [6.07, 6.45) is 1.72. The van der Waals surface area contributed by atoms with Gasteiger partial charge in [0.05, 0.1) is 17.8 Å². The van der Waals surface area contributed by atoms with Gasteiger partial charge in [0, 0.05) is 19.5 Å². The molecule has 3 aromatic heterocycles. The summed E-state index contributed by atoms with van der Waals surface area (Å²) in [5.74, 6) is -0.0532. The first-order valence-electron chi connectivity index (χ1n) is 8.09. The standard InChI is InChI=1S/C18H16ClN5OS/c1-9(21-10(2)25)11-5-4-6-12(7-11)16-23-14-15-13(8-20-17(14)26-16)22-18(19)24(15)3/h4-9H,1-3H3,(H,21,25)/t9-/m0/s1. The Hall–Kier alpha value is -2.51. The Morgan fingerprint density at radius 3 is 2.92 bits per heavy atom. The van der Waals surface area contributed by atoms with E-state index < -0.39 is 0 Å². The second-order valence-electron chi connectivity index (χ2n) is 6.15. The van der Waals surface area contributed by atoms with Gasteiger partial charge in [0.25, 0.3) is 0 Å². The molecular weight excluding hydrogens is 370 g/mol. The molecule has 1 amide bonds. The van der Waals surface area contributed by atoms with Crippen molar-refractivity contribution in [2.24, 2.45) is 7.05 Å². The van der Waals surface area contributed by atoms with Crippen molar-refractivity contribution in [3.05, 3.63) is 41.3 Å². The van der Waals surface area contributed by atoms with Gasteiger partial charge in [0.2, 0.25) is 11.2 Å². The predicted molar refractivity (Wildman–Crippen MR) is 104 cm³/mol. The number of nitrogens with zero attached hydrogens (tertiary/aromatic N) is 4. The second-order valence-corrected chi connectivity index (χ2v) is 7.47. The predicted octanol–water partition coefficient (Wildman–Crippen LogP) is 4.10. The average molecular weight is 386 g/mol. The minimum absolute atomic E-state index is 0.0532. The molecule has 4 rings (SSSR count). The van der Waals surface area contributed by atoms with Gasteiger partial charge in [-0.05, 0) is 30.2 Å². The third-order valence-electron chi connectivity index (χ3n) is 4.26. The number of hydrogen-bond acceptors (Lipinski definition) is 5. The summed E-state index contributed by atoms with van der Waals surface area (Å²) < 4.78 is 1.82. The zero-order valence-electron chi connectivity index (χ0n) is 14.4. The molecule has 0 fully saturated rings. The van der Waals surface area contributed by atoms with E-state index in [4.69, 9.17) is 16.6 Å². The van der Waals surface area contributed by atoms with E-state index >= 15 is 0 Å². The van der Waals surface area contributed by atoms with E-state index in [1.54, 1.807) is 6.20 Å². The van der Waals surface area contributed by atoms with Crippen molar-refractivity contribution >= 4 is 50.2 Å². The van der Waals surface area contributed by atoms with Crippen LogP contribution in [0.4, 0.5) is 0 Å². The molecule has 0 radical (unpaired) electrons. The number of carbonyl (C=O) groups is 1. The number of aromatic nitrogens is 4. The minimum atomic E-state index is -0.0671. The summed E-state index contributed by atoms with van der Waals surface area (Å²) in [7, 11) is 1.87. The molecule has 132 valence electrons. The molecule has 8 heteroatoms. The lowest BCUT2D eigenvalue weighted by molar-refractivity contribution is -0.119. The molecule has 4 aromatic rings. The Bertz CT molecular complexity index is 1150. The van der Waals surface area contributed by atoms with E-state index in [2.05, 4.69) is 15.3 Å². The lowest BCUT2D eigenvalue weighted by atomic mass is 10.1. The summed E-state index contributed by atoms with van der Waals surface area (Å²) >= 11 is 7.66. The zero-order chi connectivity index (χ0) is 18.4. The van der Waals surface area contributed by atoms with Crippen molar-refractivity contribution in [2.45, 2.75) is 19.9 Å². The van der Waals surface area contributed by atoms with Crippen LogP contribution in [-0.2, 0) is 11.8 Å². The number of thiazole rings is 1. The molecule has 0 aliphatic heterocycles.